The molecule has 3 heterocycles. The van der Waals surface area contributed by atoms with Crippen LogP contribution < -0.4 is 9.47 Å². The number of pyridine rings is 1. The number of rotatable bonds is 8. The fourth-order valence-electron chi connectivity index (χ4n) is 3.65. The van der Waals surface area contributed by atoms with Crippen molar-refractivity contribution in [2.45, 2.75) is 38.8 Å². The van der Waals surface area contributed by atoms with Crippen LogP contribution >= 0.6 is 0 Å². The largest absolute Gasteiger partial charge is 0.494 e. The number of unbranched alkanes of at least 4 members (excludes halogenated alkanes) is 1. The van der Waals surface area contributed by atoms with Gasteiger partial charge in [0.25, 0.3) is 0 Å². The molecule has 6 nitrogen and oxygen atoms in total. The van der Waals surface area contributed by atoms with E-state index in [1.165, 1.54) is 0 Å². The molecule has 6 heteroatoms. The number of hydrogen-bond acceptors (Lipinski definition) is 5. The summed E-state index contributed by atoms with van der Waals surface area (Å²) < 4.78 is 11.9. The van der Waals surface area contributed by atoms with Gasteiger partial charge >= 0.3 is 5.97 Å². The van der Waals surface area contributed by atoms with Crippen molar-refractivity contribution in [3.05, 3.63) is 53.3 Å². The lowest BCUT2D eigenvalue weighted by atomic mass is 10.00. The lowest BCUT2D eigenvalue weighted by molar-refractivity contribution is -0.147. The van der Waals surface area contributed by atoms with Gasteiger partial charge in [0.05, 0.1) is 18.2 Å². The molecule has 1 unspecified atom stereocenters. The Balaban J connectivity index is 1.33. The van der Waals surface area contributed by atoms with Gasteiger partial charge < -0.3 is 14.6 Å². The summed E-state index contributed by atoms with van der Waals surface area (Å²) in [5, 5.41) is 8.96. The minimum Gasteiger partial charge on any atom is -0.494 e. The SMILES string of the molecule is CCCCOc1ccc2c(c1)CC(c1ccc(CN3CC(C(=O)O)C3)cn1)O2. The molecule has 0 radical (unpaired) electrons. The molecule has 0 bridgehead atoms. The van der Waals surface area contributed by atoms with Gasteiger partial charge in [-0.3, -0.25) is 14.7 Å². The summed E-state index contributed by atoms with van der Waals surface area (Å²) in [4.78, 5) is 17.6. The predicted molar refractivity (Wildman–Crippen MR) is 105 cm³/mol. The zero-order valence-corrected chi connectivity index (χ0v) is 16.1. The van der Waals surface area contributed by atoms with Crippen LogP contribution in [0, 0.1) is 5.92 Å². The van der Waals surface area contributed by atoms with Crippen molar-refractivity contribution in [3.63, 3.8) is 0 Å². The van der Waals surface area contributed by atoms with Gasteiger partial charge in [-0.2, -0.15) is 0 Å². The number of ether oxygens (including phenoxy) is 2. The van der Waals surface area contributed by atoms with E-state index in [2.05, 4.69) is 28.9 Å². The van der Waals surface area contributed by atoms with Crippen LogP contribution in [0.2, 0.25) is 0 Å². The molecule has 1 N–H and O–H groups in total. The fraction of sp³-hybridized carbons (Fsp3) is 0.455. The van der Waals surface area contributed by atoms with Gasteiger partial charge in [0.2, 0.25) is 0 Å². The van der Waals surface area contributed by atoms with Crippen molar-refractivity contribution in [3.8, 4) is 11.5 Å². The van der Waals surface area contributed by atoms with Gasteiger partial charge in [0, 0.05) is 37.8 Å². The number of benzene rings is 1. The maximum atomic E-state index is 10.9. The van der Waals surface area contributed by atoms with Crippen molar-refractivity contribution in [2.75, 3.05) is 19.7 Å². The molecule has 1 atom stereocenters. The second kappa shape index (κ2) is 8.19. The molecule has 2 aliphatic rings. The third-order valence-corrected chi connectivity index (χ3v) is 5.36. The first-order chi connectivity index (χ1) is 13.6. The maximum Gasteiger partial charge on any atom is 0.309 e. The number of likely N-dealkylation sites (tertiary alicyclic amines) is 1. The molecule has 2 aliphatic heterocycles. The lowest BCUT2D eigenvalue weighted by Gasteiger charge is -2.36. The Morgan fingerprint density at radius 2 is 2.18 bits per heavy atom. The Morgan fingerprint density at radius 1 is 1.32 bits per heavy atom. The smallest absolute Gasteiger partial charge is 0.309 e. The van der Waals surface area contributed by atoms with Crippen molar-refractivity contribution >= 4 is 5.97 Å². The molecule has 1 saturated heterocycles. The van der Waals surface area contributed by atoms with E-state index < -0.39 is 5.97 Å². The third-order valence-electron chi connectivity index (χ3n) is 5.36. The average Bonchev–Trinajstić information content (AvgIpc) is 3.08. The minimum absolute atomic E-state index is 0.0738. The Hall–Kier alpha value is -2.60. The Labute approximate surface area is 165 Å². The quantitative estimate of drug-likeness (QED) is 0.705. The molecule has 1 aromatic heterocycles. The molecule has 1 aromatic carbocycles. The van der Waals surface area contributed by atoms with E-state index in [1.54, 1.807) is 0 Å². The van der Waals surface area contributed by atoms with Crippen LogP contribution in [-0.2, 0) is 17.8 Å². The van der Waals surface area contributed by atoms with E-state index in [9.17, 15) is 4.79 Å². The van der Waals surface area contributed by atoms with Crippen LogP contribution in [0.25, 0.3) is 0 Å². The number of aromatic nitrogens is 1. The fourth-order valence-corrected chi connectivity index (χ4v) is 3.65. The molecule has 28 heavy (non-hydrogen) atoms. The Bertz CT molecular complexity index is 831. The molecule has 0 amide bonds. The zero-order chi connectivity index (χ0) is 19.5. The maximum absolute atomic E-state index is 10.9. The van der Waals surface area contributed by atoms with Crippen LogP contribution in [0.5, 0.6) is 11.5 Å². The van der Waals surface area contributed by atoms with Gasteiger partial charge in [-0.05, 0) is 36.2 Å². The van der Waals surface area contributed by atoms with E-state index in [0.29, 0.717) is 13.1 Å². The summed E-state index contributed by atoms with van der Waals surface area (Å²) in [7, 11) is 0. The first-order valence-electron chi connectivity index (χ1n) is 9.94. The van der Waals surface area contributed by atoms with Crippen molar-refractivity contribution in [1.29, 1.82) is 0 Å². The predicted octanol–water partition coefficient (Wildman–Crippen LogP) is 3.45. The van der Waals surface area contributed by atoms with E-state index in [-0.39, 0.29) is 12.0 Å². The van der Waals surface area contributed by atoms with Crippen molar-refractivity contribution in [1.82, 2.24) is 9.88 Å². The van der Waals surface area contributed by atoms with Crippen molar-refractivity contribution < 1.29 is 19.4 Å². The molecule has 4 rings (SSSR count). The highest BCUT2D eigenvalue weighted by molar-refractivity contribution is 5.71. The first-order valence-corrected chi connectivity index (χ1v) is 9.94. The number of nitrogens with zero attached hydrogens (tertiary/aromatic N) is 2. The average molecular weight is 382 g/mol. The topological polar surface area (TPSA) is 71.9 Å². The summed E-state index contributed by atoms with van der Waals surface area (Å²) in [5.74, 6) is 0.864. The summed E-state index contributed by atoms with van der Waals surface area (Å²) in [5.41, 5.74) is 3.17. The highest BCUT2D eigenvalue weighted by Gasteiger charge is 2.32. The van der Waals surface area contributed by atoms with Crippen LogP contribution in [0.4, 0.5) is 0 Å². The van der Waals surface area contributed by atoms with E-state index in [4.69, 9.17) is 14.6 Å². The number of carboxylic acid groups (broad SMARTS) is 1. The first kappa shape index (κ1) is 18.7. The number of carbonyl (C=O) groups is 1. The van der Waals surface area contributed by atoms with Gasteiger partial charge in [0.1, 0.15) is 17.6 Å². The molecule has 148 valence electrons. The van der Waals surface area contributed by atoms with Gasteiger partial charge in [0.15, 0.2) is 0 Å². The normalized spacial score (nSPS) is 19.0. The molecule has 1 fully saturated rings. The van der Waals surface area contributed by atoms with Crippen LogP contribution in [0.1, 0.15) is 42.7 Å². The number of carboxylic acids is 1. The summed E-state index contributed by atoms with van der Waals surface area (Å²) >= 11 is 0. The van der Waals surface area contributed by atoms with Gasteiger partial charge in [-0.25, -0.2) is 0 Å². The van der Waals surface area contributed by atoms with E-state index >= 15 is 0 Å². The second-order valence-corrected chi connectivity index (χ2v) is 7.60. The third kappa shape index (κ3) is 4.12. The monoisotopic (exact) mass is 382 g/mol. The molecular weight excluding hydrogens is 356 g/mol. The number of hydrogen-bond donors (Lipinski definition) is 1. The minimum atomic E-state index is -0.707. The molecule has 0 aliphatic carbocycles. The lowest BCUT2D eigenvalue weighted by Crippen LogP contribution is -2.49. The van der Waals surface area contributed by atoms with E-state index in [1.807, 2.05) is 24.4 Å². The Kier molecular flexibility index (Phi) is 5.48. The molecular formula is C22H26N2O4. The van der Waals surface area contributed by atoms with Crippen LogP contribution in [0.15, 0.2) is 36.5 Å². The molecule has 0 spiro atoms. The van der Waals surface area contributed by atoms with Crippen LogP contribution in [-0.4, -0.2) is 40.7 Å². The zero-order valence-electron chi connectivity index (χ0n) is 16.1. The van der Waals surface area contributed by atoms with Crippen LogP contribution in [0.3, 0.4) is 0 Å². The summed E-state index contributed by atoms with van der Waals surface area (Å²) in [6, 6.07) is 10.1. The number of fused-ring (bicyclic) bond motifs is 1. The highest BCUT2D eigenvalue weighted by Crippen LogP contribution is 2.38. The second-order valence-electron chi connectivity index (χ2n) is 7.60. The number of aliphatic carboxylic acids is 1. The summed E-state index contributed by atoms with van der Waals surface area (Å²) in [6.45, 7) is 4.86. The van der Waals surface area contributed by atoms with E-state index in [0.717, 1.165) is 60.7 Å². The molecule has 0 saturated carbocycles. The highest BCUT2D eigenvalue weighted by atomic mass is 16.5. The molecule has 2 aromatic rings. The summed E-state index contributed by atoms with van der Waals surface area (Å²) in [6.07, 6.45) is 4.76. The van der Waals surface area contributed by atoms with Gasteiger partial charge in [-0.1, -0.05) is 19.4 Å². The Morgan fingerprint density at radius 3 is 2.89 bits per heavy atom. The standard InChI is InChI=1S/C22H26N2O4/c1-2-3-8-27-18-5-7-20-16(9-18)10-21(28-20)19-6-4-15(11-23-19)12-24-13-17(14-24)22(25)26/h4-7,9,11,17,21H,2-3,8,10,12-14H2,1H3,(H,25,26). The van der Waals surface area contributed by atoms with Gasteiger partial charge in [-0.15, -0.1) is 0 Å². The van der Waals surface area contributed by atoms with Crippen molar-refractivity contribution in [2.24, 2.45) is 5.92 Å².